The highest BCUT2D eigenvalue weighted by atomic mass is 19.4. The second-order valence-corrected chi connectivity index (χ2v) is 8.17. The average Bonchev–Trinajstić information content (AvgIpc) is 2.83. The average molecular weight is 569 g/mol. The molecule has 0 aliphatic carbocycles. The van der Waals surface area contributed by atoms with Gasteiger partial charge in [0.2, 0.25) is 0 Å². The van der Waals surface area contributed by atoms with E-state index in [-0.39, 0.29) is 11.6 Å². The molecular formula is C25H17F10NO3. The van der Waals surface area contributed by atoms with Gasteiger partial charge in [-0.15, -0.1) is 0 Å². The summed E-state index contributed by atoms with van der Waals surface area (Å²) in [5.41, 5.74) is -5.32. The van der Waals surface area contributed by atoms with Crippen molar-refractivity contribution in [2.75, 3.05) is 6.61 Å². The summed E-state index contributed by atoms with van der Waals surface area (Å²) in [6.07, 6.45) is -15.2. The second-order valence-electron chi connectivity index (χ2n) is 8.17. The quantitative estimate of drug-likeness (QED) is 0.293. The van der Waals surface area contributed by atoms with Crippen molar-refractivity contribution < 1.29 is 58.5 Å². The molecule has 0 saturated carbocycles. The fourth-order valence-corrected chi connectivity index (χ4v) is 3.78. The van der Waals surface area contributed by atoms with Crippen LogP contribution in [0.25, 0.3) is 0 Å². The summed E-state index contributed by atoms with van der Waals surface area (Å²) in [5.74, 6) is -6.27. The number of rotatable bonds is 9. The fourth-order valence-electron chi connectivity index (χ4n) is 3.78. The van der Waals surface area contributed by atoms with Crippen molar-refractivity contribution in [1.82, 2.24) is 5.32 Å². The third-order valence-corrected chi connectivity index (χ3v) is 5.56. The van der Waals surface area contributed by atoms with E-state index in [0.29, 0.717) is 30.3 Å². The van der Waals surface area contributed by atoms with Crippen LogP contribution in [-0.2, 0) is 11.7 Å². The minimum absolute atomic E-state index is 0.123. The van der Waals surface area contributed by atoms with Gasteiger partial charge in [0, 0.05) is 24.7 Å². The first-order valence-electron chi connectivity index (χ1n) is 10.8. The number of halogens is 10. The Morgan fingerprint density at radius 1 is 0.846 bits per heavy atom. The van der Waals surface area contributed by atoms with Gasteiger partial charge in [0.1, 0.15) is 23.2 Å². The van der Waals surface area contributed by atoms with Crippen LogP contribution < -0.4 is 10.1 Å². The highest BCUT2D eigenvalue weighted by Gasteiger charge is 2.45. The van der Waals surface area contributed by atoms with Crippen LogP contribution in [-0.4, -0.2) is 30.2 Å². The number of benzene rings is 3. The van der Waals surface area contributed by atoms with E-state index in [4.69, 9.17) is 0 Å². The van der Waals surface area contributed by atoms with Crippen LogP contribution in [0.4, 0.5) is 43.9 Å². The number of nitrogens with one attached hydrogen (secondary N) is 1. The Kier molecular flexibility index (Phi) is 8.48. The molecule has 0 heterocycles. The monoisotopic (exact) mass is 569 g/mol. The van der Waals surface area contributed by atoms with Gasteiger partial charge in [0.25, 0.3) is 5.91 Å². The van der Waals surface area contributed by atoms with E-state index in [1.807, 2.05) is 0 Å². The molecule has 0 bridgehead atoms. The Labute approximate surface area is 213 Å². The van der Waals surface area contributed by atoms with Crippen LogP contribution in [0.2, 0.25) is 0 Å². The van der Waals surface area contributed by atoms with Gasteiger partial charge < -0.3 is 15.2 Å². The zero-order valence-electron chi connectivity index (χ0n) is 19.3. The lowest BCUT2D eigenvalue weighted by Gasteiger charge is -2.36. The molecule has 1 unspecified atom stereocenters. The van der Waals surface area contributed by atoms with E-state index in [9.17, 15) is 53.8 Å². The number of hydrogen-bond acceptors (Lipinski definition) is 3. The highest BCUT2D eigenvalue weighted by Crippen LogP contribution is 2.38. The van der Waals surface area contributed by atoms with Crippen molar-refractivity contribution in [3.63, 3.8) is 0 Å². The summed E-state index contributed by atoms with van der Waals surface area (Å²) in [6.45, 7) is -0.825. The lowest BCUT2D eigenvalue weighted by Crippen LogP contribution is -2.47. The summed E-state index contributed by atoms with van der Waals surface area (Å²) < 4.78 is 138. The Morgan fingerprint density at radius 3 is 2.05 bits per heavy atom. The molecule has 0 aromatic heterocycles. The van der Waals surface area contributed by atoms with Crippen LogP contribution in [0.3, 0.4) is 0 Å². The Morgan fingerprint density at radius 2 is 1.49 bits per heavy atom. The molecule has 0 radical (unpaired) electrons. The number of ether oxygens (including phenoxy) is 1. The van der Waals surface area contributed by atoms with E-state index in [2.05, 4.69) is 10.1 Å². The zero-order chi connectivity index (χ0) is 29.2. The Hall–Kier alpha value is -3.81. The van der Waals surface area contributed by atoms with E-state index < -0.39 is 83.1 Å². The maximum Gasteiger partial charge on any atom is 0.461 e. The van der Waals surface area contributed by atoms with Gasteiger partial charge in [-0.25, -0.2) is 13.2 Å². The second kappa shape index (κ2) is 11.1. The maximum atomic E-state index is 14.5. The molecule has 0 saturated heterocycles. The molecule has 3 aromatic carbocycles. The number of carbonyl (C=O) groups excluding carboxylic acids is 1. The highest BCUT2D eigenvalue weighted by molar-refractivity contribution is 5.95. The van der Waals surface area contributed by atoms with Crippen LogP contribution in [0.15, 0.2) is 60.7 Å². The standard InChI is InChI=1S/C25H17F10NO3/c26-16-4-2-14(3-5-16)23(7-8-37,15-10-17(27)12-18(11-15)39-25(34,35)22(29)30)36-21(38)13-1-6-20(28)19(9-13)24(31,32)33/h1-6,9-12,22,37H,7-8H2,(H,36,38). The fraction of sp³-hybridized carbons (Fsp3) is 0.240. The van der Waals surface area contributed by atoms with Crippen LogP contribution in [0.1, 0.15) is 33.5 Å². The van der Waals surface area contributed by atoms with Crippen molar-refractivity contribution in [1.29, 1.82) is 0 Å². The van der Waals surface area contributed by atoms with Crippen LogP contribution in [0.5, 0.6) is 5.75 Å². The number of hydrogen-bond donors (Lipinski definition) is 2. The van der Waals surface area contributed by atoms with Gasteiger partial charge in [-0.1, -0.05) is 12.1 Å². The van der Waals surface area contributed by atoms with E-state index in [0.717, 1.165) is 24.3 Å². The molecule has 39 heavy (non-hydrogen) atoms. The lowest BCUT2D eigenvalue weighted by molar-refractivity contribution is -0.253. The molecule has 1 atom stereocenters. The van der Waals surface area contributed by atoms with Gasteiger partial charge in [-0.05, 0) is 53.6 Å². The van der Waals surface area contributed by atoms with Crippen molar-refractivity contribution >= 4 is 5.91 Å². The SMILES string of the molecule is O=C(NC(CCO)(c1ccc(F)cc1)c1cc(F)cc(OC(F)(F)C(F)F)c1)c1ccc(F)c(C(F)(F)F)c1. The predicted molar refractivity (Wildman–Crippen MR) is 116 cm³/mol. The normalized spacial score (nSPS) is 13.7. The van der Waals surface area contributed by atoms with Crippen molar-refractivity contribution in [3.8, 4) is 5.75 Å². The first-order chi connectivity index (χ1) is 18.1. The zero-order valence-corrected chi connectivity index (χ0v) is 19.3. The van der Waals surface area contributed by atoms with Crippen LogP contribution >= 0.6 is 0 Å². The van der Waals surface area contributed by atoms with Gasteiger partial charge in [0.05, 0.1) is 11.1 Å². The molecule has 2 N–H and O–H groups in total. The minimum atomic E-state index is -5.19. The third kappa shape index (κ3) is 6.61. The van der Waals surface area contributed by atoms with Gasteiger partial charge >= 0.3 is 18.7 Å². The molecule has 210 valence electrons. The summed E-state index contributed by atoms with van der Waals surface area (Å²) >= 11 is 0. The predicted octanol–water partition coefficient (Wildman–Crippen LogP) is 6.42. The topological polar surface area (TPSA) is 58.6 Å². The molecule has 1 amide bonds. The third-order valence-electron chi connectivity index (χ3n) is 5.56. The number of amides is 1. The molecule has 3 aromatic rings. The first-order valence-corrected chi connectivity index (χ1v) is 10.8. The number of carbonyl (C=O) groups is 1. The summed E-state index contributed by atoms with van der Waals surface area (Å²) in [4.78, 5) is 13.1. The van der Waals surface area contributed by atoms with Crippen LogP contribution in [0, 0.1) is 17.5 Å². The van der Waals surface area contributed by atoms with Crippen molar-refractivity contribution in [2.45, 2.75) is 30.7 Å². The molecule has 0 fully saturated rings. The molecule has 0 spiro atoms. The molecular weight excluding hydrogens is 552 g/mol. The Balaban J connectivity index is 2.21. The van der Waals surface area contributed by atoms with E-state index in [1.54, 1.807) is 0 Å². The molecule has 14 heteroatoms. The van der Waals surface area contributed by atoms with E-state index >= 15 is 0 Å². The smallest absolute Gasteiger partial charge is 0.428 e. The summed E-state index contributed by atoms with van der Waals surface area (Å²) in [7, 11) is 0. The van der Waals surface area contributed by atoms with Crippen molar-refractivity contribution in [3.05, 3.63) is 100 Å². The molecule has 3 rings (SSSR count). The lowest BCUT2D eigenvalue weighted by atomic mass is 9.79. The molecule has 0 aliphatic rings. The largest absolute Gasteiger partial charge is 0.461 e. The minimum Gasteiger partial charge on any atom is -0.428 e. The van der Waals surface area contributed by atoms with Gasteiger partial charge in [0.15, 0.2) is 0 Å². The summed E-state index contributed by atoms with van der Waals surface area (Å²) in [6, 6.07) is 6.66. The van der Waals surface area contributed by atoms with E-state index in [1.165, 1.54) is 0 Å². The molecule has 0 aliphatic heterocycles. The van der Waals surface area contributed by atoms with Gasteiger partial charge in [-0.2, -0.15) is 30.7 Å². The van der Waals surface area contributed by atoms with Gasteiger partial charge in [-0.3, -0.25) is 4.79 Å². The Bertz CT molecular complexity index is 1330. The molecule has 4 nitrogen and oxygen atoms in total. The first kappa shape index (κ1) is 29.7. The maximum absolute atomic E-state index is 14.5. The van der Waals surface area contributed by atoms with Crippen molar-refractivity contribution in [2.24, 2.45) is 0 Å². The number of alkyl halides is 7. The number of aliphatic hydroxyl groups excluding tert-OH is 1. The number of aliphatic hydroxyl groups is 1. The summed E-state index contributed by atoms with van der Waals surface area (Å²) in [5, 5.41) is 12.0.